The Hall–Kier alpha value is -2.62. The number of carbonyl (C=O) groups excluding carboxylic acids is 1. The lowest BCUT2D eigenvalue weighted by atomic mass is 10.2. The molecule has 120 valence electrons. The Morgan fingerprint density at radius 2 is 2.08 bits per heavy atom. The third-order valence-corrected chi connectivity index (χ3v) is 4.68. The molecule has 0 radical (unpaired) electrons. The van der Waals surface area contributed by atoms with Crippen molar-refractivity contribution in [3.8, 4) is 22.8 Å². The number of terminal acetylenes is 1. The maximum Gasteiger partial charge on any atom is 0.240 e. The number of thiophene rings is 1. The van der Waals surface area contributed by atoms with Gasteiger partial charge in [0.05, 0.1) is 23.3 Å². The summed E-state index contributed by atoms with van der Waals surface area (Å²) in [4.78, 5) is 21.2. The van der Waals surface area contributed by atoms with E-state index in [9.17, 15) is 4.79 Å². The van der Waals surface area contributed by atoms with Crippen molar-refractivity contribution in [1.82, 2.24) is 15.3 Å². The van der Waals surface area contributed by atoms with Crippen molar-refractivity contribution >= 4 is 44.9 Å². The van der Waals surface area contributed by atoms with Crippen LogP contribution < -0.4 is 10.6 Å². The van der Waals surface area contributed by atoms with Crippen LogP contribution in [-0.4, -0.2) is 29.0 Å². The third kappa shape index (κ3) is 3.65. The molecular weight excluding hydrogens is 344 g/mol. The van der Waals surface area contributed by atoms with E-state index in [2.05, 4.69) is 26.5 Å². The van der Waals surface area contributed by atoms with Gasteiger partial charge >= 0.3 is 0 Å². The quantitative estimate of drug-likeness (QED) is 0.689. The van der Waals surface area contributed by atoms with Gasteiger partial charge in [0.2, 0.25) is 5.91 Å². The molecule has 0 saturated heterocycles. The Kier molecular flexibility index (Phi) is 4.94. The number of aromatic nitrogens is 2. The molecule has 3 rings (SSSR count). The number of anilines is 1. The van der Waals surface area contributed by atoms with E-state index in [1.165, 1.54) is 6.33 Å². The van der Waals surface area contributed by atoms with E-state index in [0.29, 0.717) is 10.8 Å². The van der Waals surface area contributed by atoms with Gasteiger partial charge in [-0.1, -0.05) is 29.7 Å². The molecule has 2 N–H and O–H groups in total. The summed E-state index contributed by atoms with van der Waals surface area (Å²) < 4.78 is 0.896. The van der Waals surface area contributed by atoms with Gasteiger partial charge in [-0.3, -0.25) is 4.79 Å². The van der Waals surface area contributed by atoms with Crippen LogP contribution in [0.3, 0.4) is 0 Å². The molecule has 24 heavy (non-hydrogen) atoms. The number of nitrogens with one attached hydrogen (secondary N) is 2. The van der Waals surface area contributed by atoms with Gasteiger partial charge in [-0.2, -0.15) is 0 Å². The number of halogens is 1. The second-order valence-electron chi connectivity index (χ2n) is 4.89. The SMILES string of the molecule is C#CCNC(=O)CNc1ncnc2cc(-c3ccc(Cl)cc3)sc12. The normalized spacial score (nSPS) is 10.3. The fourth-order valence-corrected chi connectivity index (χ4v) is 3.32. The molecule has 0 spiro atoms. The number of nitrogens with zero attached hydrogens (tertiary/aromatic N) is 2. The van der Waals surface area contributed by atoms with E-state index in [1.807, 2.05) is 30.3 Å². The second kappa shape index (κ2) is 7.30. The molecule has 3 aromatic rings. The zero-order valence-corrected chi connectivity index (χ0v) is 14.1. The molecule has 0 saturated carbocycles. The molecule has 1 amide bonds. The van der Waals surface area contributed by atoms with Crippen LogP contribution in [0.4, 0.5) is 5.82 Å². The van der Waals surface area contributed by atoms with Crippen LogP contribution in [-0.2, 0) is 4.79 Å². The molecule has 5 nitrogen and oxygen atoms in total. The maximum atomic E-state index is 11.6. The van der Waals surface area contributed by atoms with E-state index in [0.717, 1.165) is 20.7 Å². The van der Waals surface area contributed by atoms with Crippen molar-refractivity contribution in [1.29, 1.82) is 0 Å². The maximum absolute atomic E-state index is 11.6. The highest BCUT2D eigenvalue weighted by molar-refractivity contribution is 7.22. The Morgan fingerprint density at radius 3 is 2.83 bits per heavy atom. The minimum atomic E-state index is -0.186. The lowest BCUT2D eigenvalue weighted by Gasteiger charge is -2.05. The molecular formula is C17H13ClN4OS. The Balaban J connectivity index is 1.83. The van der Waals surface area contributed by atoms with Gasteiger partial charge < -0.3 is 10.6 Å². The number of carbonyl (C=O) groups is 1. The summed E-state index contributed by atoms with van der Waals surface area (Å²) in [6.07, 6.45) is 6.59. The molecule has 0 aliphatic carbocycles. The van der Waals surface area contributed by atoms with E-state index >= 15 is 0 Å². The smallest absolute Gasteiger partial charge is 0.240 e. The summed E-state index contributed by atoms with van der Waals surface area (Å²) >= 11 is 7.49. The third-order valence-electron chi connectivity index (χ3n) is 3.24. The number of hydrogen-bond acceptors (Lipinski definition) is 5. The minimum Gasteiger partial charge on any atom is -0.360 e. The van der Waals surface area contributed by atoms with Crippen LogP contribution in [0.25, 0.3) is 20.7 Å². The van der Waals surface area contributed by atoms with Crippen molar-refractivity contribution < 1.29 is 4.79 Å². The van der Waals surface area contributed by atoms with Crippen molar-refractivity contribution in [3.63, 3.8) is 0 Å². The summed E-state index contributed by atoms with van der Waals surface area (Å²) in [6.45, 7) is 0.307. The Morgan fingerprint density at radius 1 is 1.29 bits per heavy atom. The van der Waals surface area contributed by atoms with Crippen molar-refractivity contribution in [2.24, 2.45) is 0 Å². The zero-order valence-electron chi connectivity index (χ0n) is 12.5. The van der Waals surface area contributed by atoms with E-state index < -0.39 is 0 Å². The summed E-state index contributed by atoms with van der Waals surface area (Å²) in [5.74, 6) is 2.80. The van der Waals surface area contributed by atoms with Crippen molar-refractivity contribution in [2.45, 2.75) is 0 Å². The average molecular weight is 357 g/mol. The highest BCUT2D eigenvalue weighted by Crippen LogP contribution is 2.35. The predicted molar refractivity (Wildman–Crippen MR) is 98.2 cm³/mol. The standard InChI is InChI=1S/C17H13ClN4OS/c1-2-7-19-15(23)9-20-17-16-13(21-10-22-17)8-14(24-16)11-3-5-12(18)6-4-11/h1,3-6,8,10H,7,9H2,(H,19,23)(H,20,21,22). The molecule has 2 aromatic heterocycles. The molecule has 1 aromatic carbocycles. The van der Waals surface area contributed by atoms with Crippen LogP contribution in [0, 0.1) is 12.3 Å². The molecule has 0 atom stereocenters. The highest BCUT2D eigenvalue weighted by atomic mass is 35.5. The molecule has 0 aliphatic heterocycles. The molecule has 7 heteroatoms. The molecule has 0 unspecified atom stereocenters. The highest BCUT2D eigenvalue weighted by Gasteiger charge is 2.11. The lowest BCUT2D eigenvalue weighted by molar-refractivity contribution is -0.119. The number of hydrogen-bond donors (Lipinski definition) is 2. The molecule has 0 fully saturated rings. The van der Waals surface area contributed by atoms with E-state index in [4.69, 9.17) is 18.0 Å². The van der Waals surface area contributed by atoms with Crippen LogP contribution in [0.2, 0.25) is 5.02 Å². The average Bonchev–Trinajstić information content (AvgIpc) is 3.03. The van der Waals surface area contributed by atoms with E-state index in [1.54, 1.807) is 11.3 Å². The number of rotatable bonds is 5. The Bertz CT molecular complexity index is 914. The second-order valence-corrected chi connectivity index (χ2v) is 6.38. The number of fused-ring (bicyclic) bond motifs is 1. The number of benzene rings is 1. The molecule has 2 heterocycles. The van der Waals surface area contributed by atoms with Gasteiger partial charge in [0.1, 0.15) is 12.1 Å². The monoisotopic (exact) mass is 356 g/mol. The van der Waals surface area contributed by atoms with Gasteiger partial charge in [0.15, 0.2) is 0 Å². The largest absolute Gasteiger partial charge is 0.360 e. The van der Waals surface area contributed by atoms with Gasteiger partial charge in [-0.05, 0) is 23.8 Å². The first-order chi connectivity index (χ1) is 11.7. The van der Waals surface area contributed by atoms with Crippen LogP contribution >= 0.6 is 22.9 Å². The van der Waals surface area contributed by atoms with Gasteiger partial charge in [0, 0.05) is 9.90 Å². The topological polar surface area (TPSA) is 66.9 Å². The molecule has 0 aliphatic rings. The van der Waals surface area contributed by atoms with Crippen molar-refractivity contribution in [2.75, 3.05) is 18.4 Å². The summed E-state index contributed by atoms with van der Waals surface area (Å²) in [5.41, 5.74) is 1.88. The summed E-state index contributed by atoms with van der Waals surface area (Å²) in [6, 6.07) is 9.61. The van der Waals surface area contributed by atoms with Gasteiger partial charge in [-0.25, -0.2) is 9.97 Å². The Labute approximate surface area is 148 Å². The first-order valence-electron chi connectivity index (χ1n) is 7.12. The minimum absolute atomic E-state index is 0.0992. The van der Waals surface area contributed by atoms with Crippen molar-refractivity contribution in [3.05, 3.63) is 41.7 Å². The lowest BCUT2D eigenvalue weighted by Crippen LogP contribution is -2.30. The first-order valence-corrected chi connectivity index (χ1v) is 8.31. The van der Waals surface area contributed by atoms with Gasteiger partial charge in [0.25, 0.3) is 0 Å². The first kappa shape index (κ1) is 16.2. The fourth-order valence-electron chi connectivity index (χ4n) is 2.11. The fraction of sp³-hybridized carbons (Fsp3) is 0.118. The van der Waals surface area contributed by atoms with Crippen LogP contribution in [0.15, 0.2) is 36.7 Å². The summed E-state index contributed by atoms with van der Waals surface area (Å²) in [7, 11) is 0. The number of amides is 1. The zero-order chi connectivity index (χ0) is 16.9. The van der Waals surface area contributed by atoms with E-state index in [-0.39, 0.29) is 19.0 Å². The predicted octanol–water partition coefficient (Wildman–Crippen LogP) is 3.17. The van der Waals surface area contributed by atoms with Crippen LogP contribution in [0.5, 0.6) is 0 Å². The summed E-state index contributed by atoms with van der Waals surface area (Å²) in [5, 5.41) is 6.32. The van der Waals surface area contributed by atoms with Gasteiger partial charge in [-0.15, -0.1) is 17.8 Å². The molecule has 0 bridgehead atoms. The van der Waals surface area contributed by atoms with Crippen LogP contribution in [0.1, 0.15) is 0 Å².